The van der Waals surface area contributed by atoms with Crippen LogP contribution in [-0.2, 0) is 11.2 Å². The van der Waals surface area contributed by atoms with Gasteiger partial charge >= 0.3 is 0 Å². The molecule has 0 bridgehead atoms. The molecule has 2 heterocycles. The van der Waals surface area contributed by atoms with E-state index >= 15 is 0 Å². The predicted molar refractivity (Wildman–Crippen MR) is 113 cm³/mol. The molecule has 6 nitrogen and oxygen atoms in total. The van der Waals surface area contributed by atoms with Crippen LogP contribution in [0.5, 0.6) is 5.75 Å². The van der Waals surface area contributed by atoms with Crippen molar-refractivity contribution in [3.63, 3.8) is 0 Å². The number of piperidine rings is 1. The lowest BCUT2D eigenvalue weighted by molar-refractivity contribution is -0.126. The number of rotatable bonds is 7. The number of hydrogen-bond donors (Lipinski definition) is 1. The minimum atomic E-state index is 0.0145. The van der Waals surface area contributed by atoms with Crippen molar-refractivity contribution in [3.8, 4) is 5.75 Å². The molecule has 1 amide bonds. The van der Waals surface area contributed by atoms with E-state index in [4.69, 9.17) is 9.72 Å². The Kier molecular flexibility index (Phi) is 6.88. The first-order valence-corrected chi connectivity index (χ1v) is 10.7. The maximum atomic E-state index is 12.6. The fraction of sp³-hybridized carbons (Fsp3) is 0.571. The van der Waals surface area contributed by atoms with Crippen molar-refractivity contribution in [1.82, 2.24) is 14.7 Å². The maximum Gasteiger partial charge on any atom is 0.225 e. The quantitative estimate of drug-likeness (QED) is 0.768. The molecule has 1 aromatic heterocycles. The van der Waals surface area contributed by atoms with Gasteiger partial charge in [-0.15, -0.1) is 0 Å². The standard InChI is InChI=1S/C21H30N4O2S/c1-14(2)15(3)22-20(26)17-8-6-10-25(13-17)21-23-19(24-28-21)12-16-7-5-9-18(11-16)27-4/h5,7,9,11,14-15,17H,6,8,10,12-13H2,1-4H3,(H,22,26)/t15-,17-/m0/s1. The largest absolute Gasteiger partial charge is 0.497 e. The number of carbonyl (C=O) groups is 1. The van der Waals surface area contributed by atoms with Gasteiger partial charge in [-0.25, -0.2) is 4.98 Å². The van der Waals surface area contributed by atoms with Crippen LogP contribution in [-0.4, -0.2) is 41.5 Å². The molecule has 0 aliphatic carbocycles. The Labute approximate surface area is 171 Å². The number of carbonyl (C=O) groups excluding carboxylic acids is 1. The van der Waals surface area contributed by atoms with Gasteiger partial charge in [-0.05, 0) is 43.4 Å². The lowest BCUT2D eigenvalue weighted by Gasteiger charge is -2.32. The number of benzene rings is 1. The average Bonchev–Trinajstić information content (AvgIpc) is 3.16. The Morgan fingerprint density at radius 3 is 2.96 bits per heavy atom. The van der Waals surface area contributed by atoms with E-state index in [1.54, 1.807) is 7.11 Å². The first kappa shape index (κ1) is 20.6. The van der Waals surface area contributed by atoms with Crippen LogP contribution in [0.25, 0.3) is 0 Å². The van der Waals surface area contributed by atoms with Gasteiger partial charge < -0.3 is 15.0 Å². The number of anilines is 1. The molecule has 1 aliphatic heterocycles. The third-order valence-corrected chi connectivity index (χ3v) is 6.20. The molecule has 152 valence electrons. The Morgan fingerprint density at radius 2 is 2.21 bits per heavy atom. The number of nitrogens with one attached hydrogen (secondary N) is 1. The zero-order chi connectivity index (χ0) is 20.1. The fourth-order valence-electron chi connectivity index (χ4n) is 3.28. The van der Waals surface area contributed by atoms with Gasteiger partial charge in [0.15, 0.2) is 0 Å². The minimum absolute atomic E-state index is 0.0145. The number of nitrogens with zero attached hydrogens (tertiary/aromatic N) is 3. The van der Waals surface area contributed by atoms with Crippen LogP contribution in [0, 0.1) is 11.8 Å². The summed E-state index contributed by atoms with van der Waals surface area (Å²) in [5.41, 5.74) is 1.13. The molecule has 0 saturated carbocycles. The SMILES string of the molecule is COc1cccc(Cc2nsc(N3CCC[C@H](C(=O)N[C@@H](C)C(C)C)C3)n2)c1. The van der Waals surface area contributed by atoms with E-state index in [2.05, 4.69) is 41.4 Å². The molecule has 1 saturated heterocycles. The van der Waals surface area contributed by atoms with Crippen molar-refractivity contribution in [3.05, 3.63) is 35.7 Å². The van der Waals surface area contributed by atoms with E-state index in [0.29, 0.717) is 18.9 Å². The van der Waals surface area contributed by atoms with Crippen LogP contribution >= 0.6 is 11.5 Å². The van der Waals surface area contributed by atoms with Crippen LogP contribution in [0.15, 0.2) is 24.3 Å². The number of methoxy groups -OCH3 is 1. The maximum absolute atomic E-state index is 12.6. The molecule has 28 heavy (non-hydrogen) atoms. The lowest BCUT2D eigenvalue weighted by Crippen LogP contribution is -2.46. The van der Waals surface area contributed by atoms with Gasteiger partial charge in [0, 0.05) is 37.1 Å². The third kappa shape index (κ3) is 5.22. The van der Waals surface area contributed by atoms with Crippen LogP contribution in [0.3, 0.4) is 0 Å². The summed E-state index contributed by atoms with van der Waals surface area (Å²) in [4.78, 5) is 19.6. The molecule has 0 radical (unpaired) electrons. The smallest absolute Gasteiger partial charge is 0.225 e. The summed E-state index contributed by atoms with van der Waals surface area (Å²) in [6.07, 6.45) is 2.61. The molecular formula is C21H30N4O2S. The Bertz CT molecular complexity index is 792. The van der Waals surface area contributed by atoms with Gasteiger partial charge in [-0.2, -0.15) is 4.37 Å². The van der Waals surface area contributed by atoms with Crippen molar-refractivity contribution < 1.29 is 9.53 Å². The molecule has 3 rings (SSSR count). The zero-order valence-corrected chi connectivity index (χ0v) is 18.0. The van der Waals surface area contributed by atoms with Crippen LogP contribution in [0.2, 0.25) is 0 Å². The topological polar surface area (TPSA) is 67.3 Å². The van der Waals surface area contributed by atoms with Gasteiger partial charge in [-0.1, -0.05) is 26.0 Å². The fourth-order valence-corrected chi connectivity index (χ4v) is 4.00. The highest BCUT2D eigenvalue weighted by atomic mass is 32.1. The number of ether oxygens (including phenoxy) is 1. The molecule has 2 aromatic rings. The molecule has 1 fully saturated rings. The first-order chi connectivity index (χ1) is 13.5. The van der Waals surface area contributed by atoms with Crippen molar-refractivity contribution in [2.24, 2.45) is 11.8 Å². The normalized spacial score (nSPS) is 18.2. The zero-order valence-electron chi connectivity index (χ0n) is 17.1. The highest BCUT2D eigenvalue weighted by Crippen LogP contribution is 2.26. The second-order valence-electron chi connectivity index (χ2n) is 7.85. The number of aromatic nitrogens is 2. The van der Waals surface area contributed by atoms with E-state index in [9.17, 15) is 4.79 Å². The first-order valence-electron chi connectivity index (χ1n) is 9.97. The summed E-state index contributed by atoms with van der Waals surface area (Å²) in [7, 11) is 1.67. The predicted octanol–water partition coefficient (Wildman–Crippen LogP) is 3.51. The lowest BCUT2D eigenvalue weighted by atomic mass is 9.96. The van der Waals surface area contributed by atoms with E-state index in [1.165, 1.54) is 11.5 Å². The molecule has 1 aromatic carbocycles. The summed E-state index contributed by atoms with van der Waals surface area (Å²) in [6, 6.07) is 8.17. The molecule has 1 N–H and O–H groups in total. The van der Waals surface area contributed by atoms with Gasteiger partial charge in [0.2, 0.25) is 11.0 Å². The summed E-state index contributed by atoms with van der Waals surface area (Å²) >= 11 is 1.42. The number of amides is 1. The van der Waals surface area contributed by atoms with E-state index < -0.39 is 0 Å². The molecule has 0 unspecified atom stereocenters. The Balaban J connectivity index is 1.61. The third-order valence-electron chi connectivity index (χ3n) is 5.39. The van der Waals surface area contributed by atoms with Crippen LogP contribution in [0.4, 0.5) is 5.13 Å². The molecule has 1 aliphatic rings. The van der Waals surface area contributed by atoms with Crippen molar-refractivity contribution in [2.75, 3.05) is 25.1 Å². The summed E-state index contributed by atoms with van der Waals surface area (Å²) in [5, 5.41) is 4.07. The van der Waals surface area contributed by atoms with Crippen molar-refractivity contribution >= 4 is 22.6 Å². The van der Waals surface area contributed by atoms with Crippen LogP contribution in [0.1, 0.15) is 45.0 Å². The van der Waals surface area contributed by atoms with Gasteiger partial charge in [0.1, 0.15) is 11.6 Å². The monoisotopic (exact) mass is 402 g/mol. The molecular weight excluding hydrogens is 372 g/mol. The highest BCUT2D eigenvalue weighted by molar-refractivity contribution is 7.09. The molecule has 7 heteroatoms. The highest BCUT2D eigenvalue weighted by Gasteiger charge is 2.28. The number of hydrogen-bond acceptors (Lipinski definition) is 6. The van der Waals surface area contributed by atoms with E-state index in [1.807, 2.05) is 18.2 Å². The van der Waals surface area contributed by atoms with E-state index in [0.717, 1.165) is 41.7 Å². The Morgan fingerprint density at radius 1 is 1.39 bits per heavy atom. The van der Waals surface area contributed by atoms with Gasteiger partial charge in [0.25, 0.3) is 0 Å². The molecule has 0 spiro atoms. The van der Waals surface area contributed by atoms with Crippen LogP contribution < -0.4 is 15.0 Å². The Hall–Kier alpha value is -2.15. The van der Waals surface area contributed by atoms with Gasteiger partial charge in [0.05, 0.1) is 13.0 Å². The summed E-state index contributed by atoms with van der Waals surface area (Å²) in [5.74, 6) is 2.26. The van der Waals surface area contributed by atoms with Crippen molar-refractivity contribution in [1.29, 1.82) is 0 Å². The second-order valence-corrected chi connectivity index (χ2v) is 8.58. The van der Waals surface area contributed by atoms with Gasteiger partial charge in [-0.3, -0.25) is 4.79 Å². The second kappa shape index (κ2) is 9.37. The van der Waals surface area contributed by atoms with E-state index in [-0.39, 0.29) is 17.9 Å². The average molecular weight is 403 g/mol. The molecule has 2 atom stereocenters. The summed E-state index contributed by atoms with van der Waals surface area (Å²) in [6.45, 7) is 7.97. The minimum Gasteiger partial charge on any atom is -0.497 e. The summed E-state index contributed by atoms with van der Waals surface area (Å²) < 4.78 is 9.82. The van der Waals surface area contributed by atoms with Crippen molar-refractivity contribution in [2.45, 2.75) is 46.1 Å².